The molecule has 5 nitrogen and oxygen atoms in total. The zero-order valence-corrected chi connectivity index (χ0v) is 14.7. The van der Waals surface area contributed by atoms with E-state index in [4.69, 9.17) is 0 Å². The summed E-state index contributed by atoms with van der Waals surface area (Å²) in [5.41, 5.74) is 4.21. The van der Waals surface area contributed by atoms with Gasteiger partial charge in [-0.1, -0.05) is 0 Å². The fourth-order valence-electron chi connectivity index (χ4n) is 4.31. The smallest absolute Gasteiger partial charge is 0.0535 e. The molecule has 0 amide bonds. The van der Waals surface area contributed by atoms with Crippen LogP contribution in [0.5, 0.6) is 0 Å². The monoisotopic (exact) mass is 327 g/mol. The first-order valence-electron chi connectivity index (χ1n) is 9.36. The quantitative estimate of drug-likeness (QED) is 0.918. The molecule has 1 N–H and O–H groups in total. The minimum atomic E-state index is 0.596. The van der Waals surface area contributed by atoms with Gasteiger partial charge < -0.3 is 4.57 Å². The summed E-state index contributed by atoms with van der Waals surface area (Å²) in [4.78, 5) is 5.17. The third-order valence-electron chi connectivity index (χ3n) is 5.69. The Kier molecular flexibility index (Phi) is 4.72. The summed E-state index contributed by atoms with van der Waals surface area (Å²) in [7, 11) is 2.14. The largest absolute Gasteiger partial charge is 0.353 e. The molecule has 2 aromatic rings. The molecule has 0 saturated carbocycles. The van der Waals surface area contributed by atoms with Gasteiger partial charge in [0.25, 0.3) is 0 Å². The van der Waals surface area contributed by atoms with E-state index < -0.39 is 0 Å². The van der Waals surface area contributed by atoms with Crippen LogP contribution in [0.2, 0.25) is 0 Å². The molecule has 2 aliphatic heterocycles. The minimum Gasteiger partial charge on any atom is -0.353 e. The summed E-state index contributed by atoms with van der Waals surface area (Å²) in [5, 5.41) is 7.71. The Labute approximate surface area is 144 Å². The second-order valence-electron chi connectivity index (χ2n) is 7.48. The van der Waals surface area contributed by atoms with E-state index in [-0.39, 0.29) is 0 Å². The Bertz CT molecular complexity index is 652. The average molecular weight is 327 g/mol. The van der Waals surface area contributed by atoms with Crippen molar-refractivity contribution in [2.24, 2.45) is 7.05 Å². The van der Waals surface area contributed by atoms with Crippen LogP contribution in [0.1, 0.15) is 48.6 Å². The number of H-pyrrole nitrogens is 1. The van der Waals surface area contributed by atoms with Crippen LogP contribution in [-0.2, 0) is 20.1 Å². The Morgan fingerprint density at radius 3 is 2.75 bits per heavy atom. The van der Waals surface area contributed by atoms with Crippen LogP contribution in [0.3, 0.4) is 0 Å². The van der Waals surface area contributed by atoms with E-state index in [9.17, 15) is 0 Å². The van der Waals surface area contributed by atoms with Crippen LogP contribution in [-0.4, -0.2) is 50.7 Å². The molecular weight excluding hydrogens is 298 g/mol. The van der Waals surface area contributed by atoms with Crippen molar-refractivity contribution in [2.75, 3.05) is 26.2 Å². The number of aryl methyl sites for hydroxylation is 1. The van der Waals surface area contributed by atoms with E-state index in [1.807, 2.05) is 0 Å². The molecule has 0 radical (unpaired) electrons. The molecule has 2 saturated heterocycles. The van der Waals surface area contributed by atoms with Gasteiger partial charge in [-0.15, -0.1) is 0 Å². The van der Waals surface area contributed by atoms with Crippen LogP contribution in [0.15, 0.2) is 24.5 Å². The van der Waals surface area contributed by atoms with Crippen LogP contribution in [0.25, 0.3) is 0 Å². The van der Waals surface area contributed by atoms with Gasteiger partial charge in [-0.25, -0.2) is 0 Å². The lowest BCUT2D eigenvalue weighted by Gasteiger charge is -2.33. The third kappa shape index (κ3) is 3.42. The van der Waals surface area contributed by atoms with Gasteiger partial charge >= 0.3 is 0 Å². The van der Waals surface area contributed by atoms with E-state index >= 15 is 0 Å². The van der Waals surface area contributed by atoms with Crippen molar-refractivity contribution in [3.8, 4) is 0 Å². The van der Waals surface area contributed by atoms with E-state index in [0.717, 1.165) is 19.6 Å². The highest BCUT2D eigenvalue weighted by Gasteiger charge is 2.26. The molecule has 1 atom stereocenters. The summed E-state index contributed by atoms with van der Waals surface area (Å²) in [6.07, 6.45) is 9.45. The number of likely N-dealkylation sites (tertiary alicyclic amines) is 2. The fraction of sp³-hybridized carbons (Fsp3) is 0.632. The number of aromatic amines is 1. The zero-order chi connectivity index (χ0) is 16.4. The molecule has 5 heteroatoms. The topological polar surface area (TPSA) is 40.1 Å². The first kappa shape index (κ1) is 15.9. The predicted octanol–water partition coefficient (Wildman–Crippen LogP) is 2.72. The van der Waals surface area contributed by atoms with Crippen molar-refractivity contribution in [1.29, 1.82) is 0 Å². The number of nitrogens with zero attached hydrogens (tertiary/aromatic N) is 4. The second kappa shape index (κ2) is 7.11. The molecule has 4 rings (SSSR count). The van der Waals surface area contributed by atoms with Gasteiger partial charge in [0.2, 0.25) is 0 Å². The average Bonchev–Trinajstić information content (AvgIpc) is 3.32. The molecule has 0 spiro atoms. The van der Waals surface area contributed by atoms with E-state index in [0.29, 0.717) is 5.92 Å². The number of aromatic nitrogens is 3. The van der Waals surface area contributed by atoms with Gasteiger partial charge in [-0.3, -0.25) is 14.9 Å². The first-order valence-corrected chi connectivity index (χ1v) is 9.36. The Morgan fingerprint density at radius 1 is 1.12 bits per heavy atom. The molecule has 130 valence electrons. The minimum absolute atomic E-state index is 0.596. The van der Waals surface area contributed by atoms with Crippen molar-refractivity contribution in [1.82, 2.24) is 24.6 Å². The third-order valence-corrected chi connectivity index (χ3v) is 5.69. The van der Waals surface area contributed by atoms with Crippen LogP contribution < -0.4 is 0 Å². The fourth-order valence-corrected chi connectivity index (χ4v) is 4.31. The van der Waals surface area contributed by atoms with E-state index in [1.165, 1.54) is 62.3 Å². The normalized spacial score (nSPS) is 23.1. The summed E-state index contributed by atoms with van der Waals surface area (Å²) < 4.78 is 2.23. The summed E-state index contributed by atoms with van der Waals surface area (Å²) >= 11 is 0. The maximum absolute atomic E-state index is 4.38. The lowest BCUT2D eigenvalue weighted by atomic mass is 9.92. The number of piperidine rings is 1. The molecule has 0 aromatic carbocycles. The molecular formula is C19H29N5. The SMILES string of the molecule is Cn1cccc1CN1CCC[C@H](c2[nH]ncc2CN2CCCC2)C1. The van der Waals surface area contributed by atoms with Crippen LogP contribution >= 0.6 is 0 Å². The van der Waals surface area contributed by atoms with Crippen molar-refractivity contribution in [2.45, 2.75) is 44.7 Å². The van der Waals surface area contributed by atoms with Crippen molar-refractivity contribution < 1.29 is 0 Å². The predicted molar refractivity (Wildman–Crippen MR) is 95.8 cm³/mol. The summed E-state index contributed by atoms with van der Waals surface area (Å²) in [6.45, 7) is 6.96. The van der Waals surface area contributed by atoms with Crippen LogP contribution in [0, 0.1) is 0 Å². The molecule has 0 bridgehead atoms. The van der Waals surface area contributed by atoms with Crippen LogP contribution in [0.4, 0.5) is 0 Å². The van der Waals surface area contributed by atoms with Gasteiger partial charge in [0.05, 0.1) is 6.20 Å². The highest BCUT2D eigenvalue weighted by molar-refractivity contribution is 5.22. The zero-order valence-electron chi connectivity index (χ0n) is 14.7. The van der Waals surface area contributed by atoms with Gasteiger partial charge in [0, 0.05) is 55.7 Å². The molecule has 24 heavy (non-hydrogen) atoms. The maximum atomic E-state index is 4.38. The maximum Gasteiger partial charge on any atom is 0.0535 e. The molecule has 2 aromatic heterocycles. The molecule has 4 heterocycles. The van der Waals surface area contributed by atoms with Crippen molar-refractivity contribution >= 4 is 0 Å². The van der Waals surface area contributed by atoms with Crippen molar-refractivity contribution in [3.63, 3.8) is 0 Å². The van der Waals surface area contributed by atoms with Gasteiger partial charge in [-0.2, -0.15) is 5.10 Å². The summed E-state index contributed by atoms with van der Waals surface area (Å²) in [5.74, 6) is 0.596. The highest BCUT2D eigenvalue weighted by Crippen LogP contribution is 2.29. The second-order valence-corrected chi connectivity index (χ2v) is 7.48. The Morgan fingerprint density at radius 2 is 1.96 bits per heavy atom. The highest BCUT2D eigenvalue weighted by atomic mass is 15.2. The van der Waals surface area contributed by atoms with Gasteiger partial charge in [0.15, 0.2) is 0 Å². The number of hydrogen-bond acceptors (Lipinski definition) is 3. The number of nitrogens with one attached hydrogen (secondary N) is 1. The Hall–Kier alpha value is -1.59. The molecule has 0 aliphatic carbocycles. The molecule has 2 aliphatic rings. The number of hydrogen-bond donors (Lipinski definition) is 1. The first-order chi connectivity index (χ1) is 11.8. The van der Waals surface area contributed by atoms with E-state index in [1.54, 1.807) is 0 Å². The Balaban J connectivity index is 1.42. The van der Waals surface area contributed by atoms with E-state index in [2.05, 4.69) is 56.1 Å². The molecule has 0 unspecified atom stereocenters. The standard InChI is InChI=1S/C19H29N5/c1-22-8-5-7-18(22)15-24-11-4-6-16(13-24)19-17(12-20-21-19)14-23-9-2-3-10-23/h5,7-8,12,16H,2-4,6,9-11,13-15H2,1H3,(H,20,21)/t16-/m0/s1. The van der Waals surface area contributed by atoms with Gasteiger partial charge in [0.1, 0.15) is 0 Å². The summed E-state index contributed by atoms with van der Waals surface area (Å²) in [6, 6.07) is 4.37. The van der Waals surface area contributed by atoms with Gasteiger partial charge in [-0.05, 0) is 57.5 Å². The van der Waals surface area contributed by atoms with Crippen molar-refractivity contribution in [3.05, 3.63) is 41.5 Å². The lowest BCUT2D eigenvalue weighted by Crippen LogP contribution is -2.35. The molecule has 2 fully saturated rings. The number of rotatable bonds is 5. The lowest BCUT2D eigenvalue weighted by molar-refractivity contribution is 0.194.